The molecule has 0 spiro atoms. The average molecular weight is 639 g/mol. The Bertz CT molecular complexity index is 1630. The third-order valence-electron chi connectivity index (χ3n) is 6.95. The minimum atomic E-state index is -0.990. The highest BCUT2D eigenvalue weighted by Crippen LogP contribution is 2.26. The third-order valence-corrected chi connectivity index (χ3v) is 7.90. The Morgan fingerprint density at radius 2 is 1.43 bits per heavy atom. The zero-order chi connectivity index (χ0) is 32.7. The smallest absolute Gasteiger partial charge is 0.341 e. The number of aryl methyl sites for hydroxylation is 1. The van der Waals surface area contributed by atoms with Crippen LogP contribution in [0.4, 0.5) is 0 Å². The van der Waals surface area contributed by atoms with E-state index in [1.54, 1.807) is 18.7 Å². The van der Waals surface area contributed by atoms with Gasteiger partial charge in [0, 0.05) is 23.7 Å². The van der Waals surface area contributed by atoms with Crippen molar-refractivity contribution in [3.63, 3.8) is 0 Å². The van der Waals surface area contributed by atoms with Crippen molar-refractivity contribution in [1.29, 1.82) is 0 Å². The lowest BCUT2D eigenvalue weighted by molar-refractivity contribution is -0.150. The zero-order valence-electron chi connectivity index (χ0n) is 25.9. The average Bonchev–Trinajstić information content (AvgIpc) is 3.05. The van der Waals surface area contributed by atoms with Gasteiger partial charge in [-0.25, -0.2) is 9.59 Å². The molecule has 0 saturated heterocycles. The summed E-state index contributed by atoms with van der Waals surface area (Å²) in [6, 6.07) is 30.0. The molecule has 4 aromatic carbocycles. The van der Waals surface area contributed by atoms with E-state index in [2.05, 4.69) is 60.7 Å². The molecule has 0 aliphatic carbocycles. The highest BCUT2D eigenvalue weighted by molar-refractivity contribution is 7.99. The summed E-state index contributed by atoms with van der Waals surface area (Å²) < 4.78 is 16.4. The van der Waals surface area contributed by atoms with Gasteiger partial charge in [-0.05, 0) is 83.6 Å². The van der Waals surface area contributed by atoms with Crippen molar-refractivity contribution >= 4 is 35.9 Å². The number of rotatable bonds is 17. The fourth-order valence-electron chi connectivity index (χ4n) is 4.60. The first-order valence-corrected chi connectivity index (χ1v) is 16.0. The number of carboxylic acids is 2. The number of hydrogen-bond donors (Lipinski definition) is 2. The van der Waals surface area contributed by atoms with Gasteiger partial charge in [-0.1, -0.05) is 78.9 Å². The van der Waals surface area contributed by atoms with E-state index in [0.717, 1.165) is 49.8 Å². The maximum atomic E-state index is 11.3. The highest BCUT2D eigenvalue weighted by Gasteiger charge is 2.17. The minimum absolute atomic E-state index is 0.314. The van der Waals surface area contributed by atoms with E-state index in [-0.39, 0.29) is 6.61 Å². The van der Waals surface area contributed by atoms with Crippen LogP contribution in [0.1, 0.15) is 29.2 Å². The molecule has 0 amide bonds. The Morgan fingerprint density at radius 1 is 0.804 bits per heavy atom. The molecule has 0 fully saturated rings. The lowest BCUT2D eigenvalue weighted by Crippen LogP contribution is -2.26. The summed E-state index contributed by atoms with van der Waals surface area (Å²) in [5.41, 5.74) is 6.28. The minimum Gasteiger partial charge on any atom is -0.490 e. The van der Waals surface area contributed by atoms with E-state index in [9.17, 15) is 14.7 Å². The maximum Gasteiger partial charge on any atom is 0.341 e. The maximum absolute atomic E-state index is 11.3. The molecular formula is C38H38O7S. The number of ether oxygens (including phenoxy) is 3. The van der Waals surface area contributed by atoms with Crippen molar-refractivity contribution < 1.29 is 34.0 Å². The topological polar surface area (TPSA) is 102 Å². The molecule has 2 N–H and O–H groups in total. The van der Waals surface area contributed by atoms with Crippen LogP contribution in [-0.4, -0.2) is 53.8 Å². The van der Waals surface area contributed by atoms with E-state index in [1.165, 1.54) is 0 Å². The van der Waals surface area contributed by atoms with Crippen LogP contribution in [0.25, 0.3) is 23.3 Å². The second kappa shape index (κ2) is 17.6. The Hall–Kier alpha value is -4.79. The monoisotopic (exact) mass is 638 g/mol. The van der Waals surface area contributed by atoms with Gasteiger partial charge in [-0.15, -0.1) is 11.8 Å². The fraction of sp³-hybridized carbons (Fsp3) is 0.211. The molecule has 8 heteroatoms. The van der Waals surface area contributed by atoms with Gasteiger partial charge in [0.15, 0.2) is 12.7 Å². The van der Waals surface area contributed by atoms with Crippen molar-refractivity contribution in [2.24, 2.45) is 0 Å². The molecule has 46 heavy (non-hydrogen) atoms. The van der Waals surface area contributed by atoms with Gasteiger partial charge in [0.25, 0.3) is 0 Å². The summed E-state index contributed by atoms with van der Waals surface area (Å²) >= 11 is 1.71. The van der Waals surface area contributed by atoms with Crippen molar-refractivity contribution in [1.82, 2.24) is 0 Å². The number of thioether (sulfide) groups is 1. The van der Waals surface area contributed by atoms with Crippen LogP contribution < -0.4 is 9.47 Å². The van der Waals surface area contributed by atoms with Gasteiger partial charge in [0.2, 0.25) is 0 Å². The zero-order valence-corrected chi connectivity index (χ0v) is 26.7. The number of hydrogen-bond acceptors (Lipinski definition) is 6. The van der Waals surface area contributed by atoms with Crippen molar-refractivity contribution in [2.75, 3.05) is 25.6 Å². The molecule has 0 saturated carbocycles. The van der Waals surface area contributed by atoms with Crippen molar-refractivity contribution in [2.45, 2.75) is 31.3 Å². The van der Waals surface area contributed by atoms with Crippen molar-refractivity contribution in [3.8, 4) is 22.6 Å². The molecule has 1 atom stereocenters. The van der Waals surface area contributed by atoms with Crippen LogP contribution in [0.3, 0.4) is 0 Å². The second-order valence-electron chi connectivity index (χ2n) is 10.4. The molecule has 1 unspecified atom stereocenters. The van der Waals surface area contributed by atoms with Crippen LogP contribution in [0.15, 0.2) is 108 Å². The van der Waals surface area contributed by atoms with Crippen LogP contribution in [-0.2, 0) is 20.7 Å². The molecule has 238 valence electrons. The van der Waals surface area contributed by atoms with Gasteiger partial charge in [0.1, 0.15) is 18.1 Å². The molecule has 0 radical (unpaired) electrons. The standard InChI is InChI=1S/C38H38O7S/c1-3-43-36(38(41)42)25-30-12-18-33(19-13-30)44-22-4-6-28-8-14-31(15-9-28)32-16-10-29(11-17-32)7-5-23-46-34-20-21-35(27(2)24-34)45-26-37(39)40/h4-21,24,36H,3,22-23,25-26H2,1-2H3,(H,39,40)(H,41,42). The summed E-state index contributed by atoms with van der Waals surface area (Å²) in [5, 5.41) is 18.0. The van der Waals surface area contributed by atoms with Gasteiger partial charge in [-0.2, -0.15) is 0 Å². The van der Waals surface area contributed by atoms with Crippen LogP contribution in [0.2, 0.25) is 0 Å². The largest absolute Gasteiger partial charge is 0.490 e. The normalized spacial score (nSPS) is 12.0. The highest BCUT2D eigenvalue weighted by atomic mass is 32.2. The number of carboxylic acid groups (broad SMARTS) is 2. The summed E-state index contributed by atoms with van der Waals surface area (Å²) in [5.74, 6) is 0.170. The van der Waals surface area contributed by atoms with Crippen LogP contribution in [0.5, 0.6) is 11.5 Å². The summed E-state index contributed by atoms with van der Waals surface area (Å²) in [6.07, 6.45) is 7.69. The molecule has 0 aliphatic rings. The number of benzene rings is 4. The number of carbonyl (C=O) groups is 2. The fourth-order valence-corrected chi connectivity index (χ4v) is 5.41. The Labute approximate surface area is 274 Å². The Kier molecular flexibility index (Phi) is 13.1. The van der Waals surface area contributed by atoms with Crippen LogP contribution in [0, 0.1) is 6.92 Å². The molecule has 0 heterocycles. The number of aliphatic carboxylic acids is 2. The first kappa shape index (κ1) is 34.1. The van der Waals surface area contributed by atoms with E-state index < -0.39 is 18.0 Å². The van der Waals surface area contributed by atoms with Gasteiger partial charge < -0.3 is 24.4 Å². The predicted octanol–water partition coefficient (Wildman–Crippen LogP) is 8.06. The quantitative estimate of drug-likeness (QED) is 0.112. The molecular weight excluding hydrogens is 600 g/mol. The third kappa shape index (κ3) is 11.0. The first-order valence-electron chi connectivity index (χ1n) is 15.0. The van der Waals surface area contributed by atoms with E-state index >= 15 is 0 Å². The van der Waals surface area contributed by atoms with Gasteiger partial charge >= 0.3 is 11.9 Å². The van der Waals surface area contributed by atoms with Gasteiger partial charge in [0.05, 0.1) is 0 Å². The lowest BCUT2D eigenvalue weighted by atomic mass is 10.0. The molecule has 4 aromatic rings. The second-order valence-corrected chi connectivity index (χ2v) is 11.5. The molecule has 4 rings (SSSR count). The van der Waals surface area contributed by atoms with Gasteiger partial charge in [-0.3, -0.25) is 0 Å². The Balaban J connectivity index is 1.20. The summed E-state index contributed by atoms with van der Waals surface area (Å²) in [7, 11) is 0. The Morgan fingerprint density at radius 3 is 2.00 bits per heavy atom. The molecule has 0 aromatic heterocycles. The van der Waals surface area contributed by atoms with E-state index in [4.69, 9.17) is 19.3 Å². The molecule has 7 nitrogen and oxygen atoms in total. The molecule has 0 aliphatic heterocycles. The summed E-state index contributed by atoms with van der Waals surface area (Å²) in [4.78, 5) is 23.1. The predicted molar refractivity (Wildman–Crippen MR) is 184 cm³/mol. The lowest BCUT2D eigenvalue weighted by Gasteiger charge is -2.12. The van der Waals surface area contributed by atoms with Crippen molar-refractivity contribution in [3.05, 3.63) is 125 Å². The van der Waals surface area contributed by atoms with E-state index in [1.807, 2.05) is 61.5 Å². The van der Waals surface area contributed by atoms with Crippen LogP contribution >= 0.6 is 11.8 Å². The summed E-state index contributed by atoms with van der Waals surface area (Å²) in [6.45, 7) is 4.13. The molecule has 0 bridgehead atoms. The SMILES string of the molecule is CCOC(Cc1ccc(OCC=Cc2ccc(-c3ccc(C=CCSc4ccc(OCC(=O)O)c(C)c4)cc3)cc2)cc1)C(=O)O. The first-order chi connectivity index (χ1) is 22.3. The van der Waals surface area contributed by atoms with E-state index in [0.29, 0.717) is 25.4 Å².